The highest BCUT2D eigenvalue weighted by atomic mass is 35.5. The van der Waals surface area contributed by atoms with E-state index in [-0.39, 0.29) is 23.3 Å². The molecule has 0 saturated carbocycles. The molecule has 0 spiro atoms. The lowest BCUT2D eigenvalue weighted by molar-refractivity contribution is -0.125. The van der Waals surface area contributed by atoms with Crippen molar-refractivity contribution in [1.29, 1.82) is 0 Å². The van der Waals surface area contributed by atoms with Crippen LogP contribution in [-0.4, -0.2) is 44.0 Å². The number of amides is 1. The second-order valence-corrected chi connectivity index (χ2v) is 11.0. The van der Waals surface area contributed by atoms with Crippen LogP contribution in [0.15, 0.2) is 53.4 Å². The number of hydrogen-bond donors (Lipinski definition) is 1. The molecule has 0 aliphatic carbocycles. The van der Waals surface area contributed by atoms with Gasteiger partial charge in [0.25, 0.3) is 0 Å². The number of thioether (sulfide) groups is 1. The number of piperidine rings is 1. The average Bonchev–Trinajstić information content (AvgIpc) is 2.75. The highest BCUT2D eigenvalue weighted by Crippen LogP contribution is 2.25. The van der Waals surface area contributed by atoms with E-state index in [4.69, 9.17) is 23.2 Å². The third-order valence-electron chi connectivity index (χ3n) is 4.97. The number of carbonyl (C=O) groups is 1. The first-order valence-corrected chi connectivity index (χ1v) is 13.1. The van der Waals surface area contributed by atoms with Crippen LogP contribution in [0.3, 0.4) is 0 Å². The molecule has 0 bridgehead atoms. The molecule has 2 aromatic carbocycles. The summed E-state index contributed by atoms with van der Waals surface area (Å²) in [5.74, 6) is 1.11. The average molecular weight is 487 g/mol. The number of rotatable bonds is 8. The fourth-order valence-corrected chi connectivity index (χ4v) is 6.11. The molecular formula is C21H24Cl2N2O3S2. The number of nitrogens with one attached hydrogen (secondary N) is 1. The minimum absolute atomic E-state index is 0.0932. The molecule has 2 aromatic rings. The maximum Gasteiger partial charge on any atom is 0.243 e. The Balaban J connectivity index is 1.47. The second-order valence-electron chi connectivity index (χ2n) is 7.09. The van der Waals surface area contributed by atoms with E-state index in [1.54, 1.807) is 23.9 Å². The molecule has 1 aliphatic heterocycles. The molecule has 1 N–H and O–H groups in total. The Bertz CT molecular complexity index is 968. The van der Waals surface area contributed by atoms with Crippen LogP contribution in [0.5, 0.6) is 0 Å². The summed E-state index contributed by atoms with van der Waals surface area (Å²) < 4.78 is 27.1. The van der Waals surface area contributed by atoms with Gasteiger partial charge in [-0.2, -0.15) is 16.1 Å². The van der Waals surface area contributed by atoms with E-state index in [1.165, 1.54) is 16.4 Å². The number of nitrogens with zero attached hydrogens (tertiary/aromatic N) is 1. The summed E-state index contributed by atoms with van der Waals surface area (Å²) in [7, 11) is -3.63. The van der Waals surface area contributed by atoms with Crippen LogP contribution in [0.25, 0.3) is 0 Å². The summed E-state index contributed by atoms with van der Waals surface area (Å²) in [5.41, 5.74) is 1.07. The highest BCUT2D eigenvalue weighted by molar-refractivity contribution is 7.98. The zero-order chi connectivity index (χ0) is 21.6. The molecular weight excluding hydrogens is 463 g/mol. The highest BCUT2D eigenvalue weighted by Gasteiger charge is 2.33. The van der Waals surface area contributed by atoms with Gasteiger partial charge in [-0.3, -0.25) is 4.79 Å². The predicted octanol–water partition coefficient (Wildman–Crippen LogP) is 4.44. The van der Waals surface area contributed by atoms with E-state index in [0.717, 1.165) is 22.1 Å². The van der Waals surface area contributed by atoms with Crippen molar-refractivity contribution >= 4 is 50.9 Å². The van der Waals surface area contributed by atoms with Gasteiger partial charge in [0.15, 0.2) is 0 Å². The van der Waals surface area contributed by atoms with Gasteiger partial charge in [-0.1, -0.05) is 41.4 Å². The molecule has 0 unspecified atom stereocenters. The third-order valence-corrected chi connectivity index (χ3v) is 8.48. The van der Waals surface area contributed by atoms with Crippen molar-refractivity contribution in [2.75, 3.05) is 25.4 Å². The largest absolute Gasteiger partial charge is 0.355 e. The molecule has 3 rings (SSSR count). The topological polar surface area (TPSA) is 66.5 Å². The van der Waals surface area contributed by atoms with Gasteiger partial charge in [-0.05, 0) is 48.7 Å². The van der Waals surface area contributed by atoms with Crippen molar-refractivity contribution in [3.8, 4) is 0 Å². The Morgan fingerprint density at radius 3 is 2.60 bits per heavy atom. The minimum atomic E-state index is -3.63. The molecule has 162 valence electrons. The van der Waals surface area contributed by atoms with Crippen LogP contribution < -0.4 is 5.32 Å². The smallest absolute Gasteiger partial charge is 0.243 e. The van der Waals surface area contributed by atoms with Gasteiger partial charge in [0.2, 0.25) is 15.9 Å². The van der Waals surface area contributed by atoms with Crippen LogP contribution in [0, 0.1) is 5.92 Å². The minimum Gasteiger partial charge on any atom is -0.355 e. The lowest BCUT2D eigenvalue weighted by atomic mass is 9.99. The molecule has 30 heavy (non-hydrogen) atoms. The van der Waals surface area contributed by atoms with Gasteiger partial charge in [-0.25, -0.2) is 8.42 Å². The summed E-state index contributed by atoms with van der Waals surface area (Å²) >= 11 is 13.7. The number of benzene rings is 2. The molecule has 5 nitrogen and oxygen atoms in total. The number of sulfonamides is 1. The molecule has 0 aromatic heterocycles. The maximum absolute atomic E-state index is 12.9. The monoisotopic (exact) mass is 486 g/mol. The van der Waals surface area contributed by atoms with E-state index < -0.39 is 10.0 Å². The Morgan fingerprint density at radius 2 is 1.87 bits per heavy atom. The number of hydrogen-bond acceptors (Lipinski definition) is 4. The zero-order valence-electron chi connectivity index (χ0n) is 16.4. The van der Waals surface area contributed by atoms with Gasteiger partial charge < -0.3 is 5.32 Å². The summed E-state index contributed by atoms with van der Waals surface area (Å²) in [5, 5.41) is 4.17. The maximum atomic E-state index is 12.9. The van der Waals surface area contributed by atoms with Crippen LogP contribution in [0.2, 0.25) is 10.0 Å². The van der Waals surface area contributed by atoms with E-state index in [1.807, 2.05) is 24.3 Å². The quantitative estimate of drug-likeness (QED) is 0.559. The number of carbonyl (C=O) groups excluding carboxylic acids is 1. The first-order chi connectivity index (χ1) is 14.4. The number of halogens is 2. The van der Waals surface area contributed by atoms with Crippen molar-refractivity contribution in [3.63, 3.8) is 0 Å². The van der Waals surface area contributed by atoms with Crippen LogP contribution in [0.1, 0.15) is 18.4 Å². The second kappa shape index (κ2) is 10.9. The predicted molar refractivity (Wildman–Crippen MR) is 124 cm³/mol. The molecule has 0 radical (unpaired) electrons. The summed E-state index contributed by atoms with van der Waals surface area (Å²) in [6.07, 6.45) is 1.34. The fourth-order valence-electron chi connectivity index (χ4n) is 3.32. The van der Waals surface area contributed by atoms with Crippen LogP contribution >= 0.6 is 35.0 Å². The molecule has 1 heterocycles. The molecule has 1 aliphatic rings. The van der Waals surface area contributed by atoms with E-state index in [9.17, 15) is 13.2 Å². The Morgan fingerprint density at radius 1 is 1.13 bits per heavy atom. The van der Waals surface area contributed by atoms with Crippen molar-refractivity contribution in [2.45, 2.75) is 23.5 Å². The van der Waals surface area contributed by atoms with Gasteiger partial charge in [0.1, 0.15) is 0 Å². The van der Waals surface area contributed by atoms with E-state index >= 15 is 0 Å². The summed E-state index contributed by atoms with van der Waals surface area (Å²) in [6.45, 7) is 1.15. The van der Waals surface area contributed by atoms with E-state index in [0.29, 0.717) is 31.0 Å². The van der Waals surface area contributed by atoms with Crippen molar-refractivity contribution in [2.24, 2.45) is 5.92 Å². The first-order valence-electron chi connectivity index (χ1n) is 9.72. The van der Waals surface area contributed by atoms with Gasteiger partial charge in [-0.15, -0.1) is 0 Å². The molecule has 9 heteroatoms. The Kier molecular flexibility index (Phi) is 8.48. The standard InChI is InChI=1S/C21H24Cl2N2O3S2/c22-18-7-9-19(10-8-18)30(27,28)25-12-3-5-16(14-25)21(26)24-11-13-29-15-17-4-1-2-6-20(17)23/h1-2,4,6-10,16H,3,5,11-15H2,(H,24,26)/t16-/m1/s1. The van der Waals surface area contributed by atoms with Crippen LogP contribution in [0.4, 0.5) is 0 Å². The fraction of sp³-hybridized carbons (Fsp3) is 0.381. The van der Waals surface area contributed by atoms with E-state index in [2.05, 4.69) is 5.32 Å². The first kappa shape index (κ1) is 23.4. The normalized spacial score (nSPS) is 17.6. The molecule has 1 saturated heterocycles. The van der Waals surface area contributed by atoms with Gasteiger partial charge in [0.05, 0.1) is 10.8 Å². The lowest BCUT2D eigenvalue weighted by Gasteiger charge is -2.31. The Labute approximate surface area is 192 Å². The summed E-state index contributed by atoms with van der Waals surface area (Å²) in [4.78, 5) is 12.8. The molecule has 1 amide bonds. The molecule has 1 fully saturated rings. The SMILES string of the molecule is O=C(NCCSCc1ccccc1Cl)[C@@H]1CCCN(S(=O)(=O)c2ccc(Cl)cc2)C1. The third kappa shape index (κ3) is 6.14. The Hall–Kier alpha value is -1.25. The van der Waals surface area contributed by atoms with Crippen molar-refractivity contribution in [3.05, 3.63) is 64.1 Å². The van der Waals surface area contributed by atoms with Crippen molar-refractivity contribution in [1.82, 2.24) is 9.62 Å². The van der Waals surface area contributed by atoms with Crippen LogP contribution in [-0.2, 0) is 20.6 Å². The van der Waals surface area contributed by atoms with Gasteiger partial charge >= 0.3 is 0 Å². The molecule has 1 atom stereocenters. The summed E-state index contributed by atoms with van der Waals surface area (Å²) in [6, 6.07) is 13.8. The van der Waals surface area contributed by atoms with Gasteiger partial charge in [0, 0.05) is 41.2 Å². The zero-order valence-corrected chi connectivity index (χ0v) is 19.5. The lowest BCUT2D eigenvalue weighted by Crippen LogP contribution is -2.45. The van der Waals surface area contributed by atoms with Crippen molar-refractivity contribution < 1.29 is 13.2 Å².